The second-order valence-corrected chi connectivity index (χ2v) is 19.4. The van der Waals surface area contributed by atoms with Gasteiger partial charge in [-0.25, -0.2) is 9.59 Å². The third-order valence-electron chi connectivity index (χ3n) is 14.0. The summed E-state index contributed by atoms with van der Waals surface area (Å²) in [7, 11) is 0. The molecule has 364 valence electrons. The van der Waals surface area contributed by atoms with Crippen molar-refractivity contribution in [3.05, 3.63) is 101 Å². The Morgan fingerprint density at radius 2 is 1.01 bits per heavy atom. The van der Waals surface area contributed by atoms with Gasteiger partial charge in [0.15, 0.2) is 0 Å². The normalized spacial score (nSPS) is 24.7. The number of hydrogen-bond acceptors (Lipinski definition) is 12. The minimum Gasteiger partial charge on any atom is -0.427 e. The highest BCUT2D eigenvalue weighted by molar-refractivity contribution is 6.07. The topological polar surface area (TPSA) is 180 Å². The number of amides is 4. The molecule has 2 aromatic carbocycles. The van der Waals surface area contributed by atoms with Crippen molar-refractivity contribution in [1.82, 2.24) is 10.1 Å². The lowest BCUT2D eigenvalue weighted by Gasteiger charge is -2.23. The van der Waals surface area contributed by atoms with Crippen molar-refractivity contribution >= 4 is 53.6 Å². The first-order valence-electron chi connectivity index (χ1n) is 23.3. The van der Waals surface area contributed by atoms with Gasteiger partial charge in [-0.05, 0) is 161 Å². The van der Waals surface area contributed by atoms with Crippen LogP contribution in [0.1, 0.15) is 120 Å². The van der Waals surface area contributed by atoms with E-state index in [-0.39, 0.29) is 76.7 Å². The van der Waals surface area contributed by atoms with Gasteiger partial charge in [0.1, 0.15) is 11.5 Å². The van der Waals surface area contributed by atoms with Gasteiger partial charge in [0.25, 0.3) is 23.6 Å². The van der Waals surface area contributed by atoms with Gasteiger partial charge < -0.3 is 19.1 Å². The fraction of sp³-hybridized carbons (Fsp3) is 0.481. The molecule has 6 aliphatic rings. The largest absolute Gasteiger partial charge is 0.427 e. The zero-order valence-corrected chi connectivity index (χ0v) is 41.4. The van der Waals surface area contributed by atoms with Gasteiger partial charge in [0.2, 0.25) is 0 Å². The Hall–Kier alpha value is -6.44. The summed E-state index contributed by atoms with van der Waals surface area (Å²) in [5.74, 6) is -2.37. The fourth-order valence-corrected chi connectivity index (χ4v) is 10.1. The van der Waals surface area contributed by atoms with E-state index in [1.54, 1.807) is 13.8 Å². The number of benzene rings is 2. The average molecular weight is 935 g/mol. The van der Waals surface area contributed by atoms with Crippen LogP contribution in [0, 0.1) is 80.5 Å². The van der Waals surface area contributed by atoms with Gasteiger partial charge in [0, 0.05) is 19.4 Å². The molecule has 68 heavy (non-hydrogen) atoms. The van der Waals surface area contributed by atoms with Crippen molar-refractivity contribution < 1.29 is 57.5 Å². The molecule has 9 unspecified atom stereocenters. The Labute approximate surface area is 399 Å². The summed E-state index contributed by atoms with van der Waals surface area (Å²) in [5, 5.41) is 1.36. The first-order valence-corrected chi connectivity index (χ1v) is 23.3. The molecule has 4 amide bonds. The highest BCUT2D eigenvalue weighted by Gasteiger charge is 2.62. The van der Waals surface area contributed by atoms with Crippen molar-refractivity contribution in [2.45, 2.75) is 115 Å². The maximum absolute atomic E-state index is 12.3. The lowest BCUT2D eigenvalue weighted by atomic mass is 9.85. The van der Waals surface area contributed by atoms with Crippen molar-refractivity contribution in [3.63, 3.8) is 0 Å². The van der Waals surface area contributed by atoms with Crippen molar-refractivity contribution in [2.75, 3.05) is 0 Å². The predicted molar refractivity (Wildman–Crippen MR) is 253 cm³/mol. The summed E-state index contributed by atoms with van der Waals surface area (Å²) < 4.78 is 10.1. The number of carbonyl (C=O) groups is 8. The second kappa shape index (κ2) is 21.2. The smallest absolute Gasteiger partial charge is 0.359 e. The number of allylic oxidation sites excluding steroid dienone is 4. The number of rotatable bonds is 10. The first kappa shape index (κ1) is 52.5. The van der Waals surface area contributed by atoms with E-state index >= 15 is 0 Å². The molecule has 0 spiro atoms. The van der Waals surface area contributed by atoms with E-state index in [1.807, 2.05) is 75.4 Å². The molecule has 4 bridgehead atoms. The number of hydrogen-bond donors (Lipinski definition) is 0. The second-order valence-electron chi connectivity index (χ2n) is 19.4. The minimum atomic E-state index is -0.739. The highest BCUT2D eigenvalue weighted by Crippen LogP contribution is 2.54. The Balaban J connectivity index is 0.000000171. The molecule has 2 saturated heterocycles. The van der Waals surface area contributed by atoms with Crippen LogP contribution in [0.25, 0.3) is 6.08 Å². The quantitative estimate of drug-likeness (QED) is 0.0726. The van der Waals surface area contributed by atoms with Crippen molar-refractivity contribution in [3.8, 4) is 11.5 Å². The molecule has 2 heterocycles. The Bertz CT molecular complexity index is 2370. The van der Waals surface area contributed by atoms with E-state index in [9.17, 15) is 38.4 Å². The zero-order valence-electron chi connectivity index (χ0n) is 41.4. The molecule has 0 radical (unpaired) electrons. The number of hydroxylamine groups is 4. The van der Waals surface area contributed by atoms with Gasteiger partial charge in [-0.2, -0.15) is 0 Å². The van der Waals surface area contributed by atoms with Crippen molar-refractivity contribution in [2.24, 2.45) is 52.8 Å². The maximum atomic E-state index is 12.3. The average Bonchev–Trinajstić information content (AvgIpc) is 4.13. The molecule has 2 aromatic rings. The standard InChI is InChI=1S/C15H19NO4.C14H20O2.C13H13NO4.C12H14O2/c1-4-15(2,3)14(19)20-16-12(17)10-8-5-6-9(7-8)11(10)13(16)18;1-6-9(2)14-10(3)7-13(8-11(14)4)16-12(5)15;1-6(2)13(17)18-14-11(15)9-7-3-4-8(5-7)10(9)12(14)16;1-5-12-8(2)6-11(7-9(12)3)14-10(4)13/h5-6,8-11H,4,7H2,1-3H3;7-9H,6H2,1-5H3;3-4,7-10H,1,5H2,2H3;5-7H,1H2,2-4H3. The summed E-state index contributed by atoms with van der Waals surface area (Å²) in [6.07, 6.45) is 13.2. The van der Waals surface area contributed by atoms with E-state index < -0.39 is 29.2 Å². The zero-order chi connectivity index (χ0) is 50.7. The monoisotopic (exact) mass is 934 g/mol. The summed E-state index contributed by atoms with van der Waals surface area (Å²) in [6.45, 7) is 29.3. The molecular formula is C54H66N2O12. The Morgan fingerprint density at radius 3 is 1.32 bits per heavy atom. The highest BCUT2D eigenvalue weighted by atomic mass is 16.7. The Kier molecular flexibility index (Phi) is 16.4. The lowest BCUT2D eigenvalue weighted by molar-refractivity contribution is -0.205. The molecule has 0 N–H and O–H groups in total. The van der Waals surface area contributed by atoms with Crippen LogP contribution in [0.15, 0.2) is 67.3 Å². The number of nitrogens with zero attached hydrogens (tertiary/aromatic N) is 2. The summed E-state index contributed by atoms with van der Waals surface area (Å²) in [4.78, 5) is 104. The van der Waals surface area contributed by atoms with Crippen LogP contribution in [0.3, 0.4) is 0 Å². The SMILES string of the molecule is C=C(C)C(=O)ON1C(=O)C2C3C=CC(C3)C2C1=O.C=Cc1c(C)cc(OC(C)=O)cc1C.CCC(C)(C)C(=O)ON1C(=O)C2C3C=CC(C3)C2C1=O.CCC(C)c1c(C)cc(OC(C)=O)cc1C. The number of ether oxygens (including phenoxy) is 2. The van der Waals surface area contributed by atoms with Crippen molar-refractivity contribution in [1.29, 1.82) is 0 Å². The van der Waals surface area contributed by atoms with Gasteiger partial charge in [0.05, 0.1) is 29.1 Å². The number of aryl methyl sites for hydroxylation is 4. The number of esters is 2. The first-order chi connectivity index (χ1) is 31.9. The lowest BCUT2D eigenvalue weighted by Crippen LogP contribution is -2.39. The van der Waals surface area contributed by atoms with Gasteiger partial charge in [-0.15, -0.1) is 10.1 Å². The Morgan fingerprint density at radius 1 is 0.662 bits per heavy atom. The molecular weight excluding hydrogens is 869 g/mol. The number of carbonyl (C=O) groups excluding carboxylic acids is 8. The van der Waals surface area contributed by atoms with Crippen LogP contribution in [0.2, 0.25) is 0 Å². The number of fused-ring (bicyclic) bond motifs is 10. The van der Waals surface area contributed by atoms with E-state index in [0.717, 1.165) is 41.0 Å². The maximum Gasteiger partial charge on any atom is 0.359 e. The van der Waals surface area contributed by atoms with Crippen LogP contribution in [0.5, 0.6) is 11.5 Å². The van der Waals surface area contributed by atoms with E-state index in [2.05, 4.69) is 40.9 Å². The molecule has 4 aliphatic carbocycles. The summed E-state index contributed by atoms with van der Waals surface area (Å²) >= 11 is 0. The summed E-state index contributed by atoms with van der Waals surface area (Å²) in [6, 6.07) is 7.56. The van der Waals surface area contributed by atoms with E-state index in [1.165, 1.54) is 37.5 Å². The molecule has 2 saturated carbocycles. The summed E-state index contributed by atoms with van der Waals surface area (Å²) in [5.41, 5.74) is 6.46. The third kappa shape index (κ3) is 11.0. The van der Waals surface area contributed by atoms with E-state index in [0.29, 0.717) is 28.9 Å². The molecule has 4 fully saturated rings. The molecule has 14 heteroatoms. The molecule has 9 atom stereocenters. The molecule has 14 nitrogen and oxygen atoms in total. The van der Waals surface area contributed by atoms with Gasteiger partial charge >= 0.3 is 23.9 Å². The predicted octanol–water partition coefficient (Wildman–Crippen LogP) is 9.13. The van der Waals surface area contributed by atoms with Crippen LogP contribution < -0.4 is 9.47 Å². The van der Waals surface area contributed by atoms with Crippen LogP contribution in [-0.4, -0.2) is 57.6 Å². The van der Waals surface area contributed by atoms with E-state index in [4.69, 9.17) is 19.1 Å². The molecule has 8 rings (SSSR count). The van der Waals surface area contributed by atoms with Crippen LogP contribution in [-0.2, 0) is 48.0 Å². The molecule has 0 aromatic heterocycles. The molecule has 2 aliphatic heterocycles. The van der Waals surface area contributed by atoms with Crippen LogP contribution in [0.4, 0.5) is 0 Å². The third-order valence-corrected chi connectivity index (χ3v) is 14.0. The van der Waals surface area contributed by atoms with Gasteiger partial charge in [-0.1, -0.05) is 64.3 Å². The number of imide groups is 2. The minimum absolute atomic E-state index is 0.116. The fourth-order valence-electron chi connectivity index (χ4n) is 10.1. The van der Waals surface area contributed by atoms with Gasteiger partial charge in [-0.3, -0.25) is 28.8 Å². The van der Waals surface area contributed by atoms with Crippen LogP contribution >= 0.6 is 0 Å².